The van der Waals surface area contributed by atoms with Crippen molar-refractivity contribution < 1.29 is 4.42 Å². The first kappa shape index (κ1) is 32.5. The van der Waals surface area contributed by atoms with Crippen molar-refractivity contribution in [1.29, 1.82) is 0 Å². The second-order valence-corrected chi connectivity index (χ2v) is 15.1. The van der Waals surface area contributed by atoms with Gasteiger partial charge in [-0.25, -0.2) is 4.99 Å². The number of aromatic nitrogens is 1. The minimum absolute atomic E-state index is 0.120. The second kappa shape index (κ2) is 12.9. The number of aliphatic imine (C=N–C) groups is 1. The maximum absolute atomic E-state index is 6.52. The molecule has 0 aliphatic carbocycles. The molecule has 0 fully saturated rings. The third-order valence-electron chi connectivity index (χ3n) is 11.9. The highest BCUT2D eigenvalue weighted by Gasteiger charge is 2.24. The molecule has 3 heterocycles. The fourth-order valence-electron chi connectivity index (χ4n) is 9.07. The lowest BCUT2D eigenvalue weighted by molar-refractivity contribution is 0.667. The number of para-hydroxylation sites is 2. The standard InChI is InChI=1S/C54H35N3O/c1-2-11-34(12-3-1)35-21-23-38(24-22-35)46-33-47(56-54(55-46)45-19-10-18-44-43-17-8-9-20-50(43)58-53(44)45)39-25-29-40(30-26-39)57-48-31-27-36-13-4-6-15-41(36)51(48)52-42-16-7-5-14-37(42)28-32-49(52)57/h1-33,46H,(H,55,56). The molecule has 272 valence electrons. The maximum atomic E-state index is 6.52. The van der Waals surface area contributed by atoms with Gasteiger partial charge in [0.2, 0.25) is 0 Å². The first-order chi connectivity index (χ1) is 28.7. The van der Waals surface area contributed by atoms with E-state index in [1.54, 1.807) is 0 Å². The van der Waals surface area contributed by atoms with Gasteiger partial charge >= 0.3 is 0 Å². The minimum atomic E-state index is -0.120. The number of hydrogen-bond acceptors (Lipinski definition) is 3. The first-order valence-corrected chi connectivity index (χ1v) is 19.8. The van der Waals surface area contributed by atoms with E-state index < -0.39 is 0 Å². The van der Waals surface area contributed by atoms with Crippen molar-refractivity contribution >= 4 is 76.8 Å². The van der Waals surface area contributed by atoms with Crippen molar-refractivity contribution in [2.45, 2.75) is 6.04 Å². The second-order valence-electron chi connectivity index (χ2n) is 15.1. The van der Waals surface area contributed by atoms with E-state index in [2.05, 4.69) is 198 Å². The third kappa shape index (κ3) is 5.12. The van der Waals surface area contributed by atoms with Gasteiger partial charge in [0.1, 0.15) is 17.0 Å². The molecule has 12 rings (SSSR count). The molecule has 2 aromatic heterocycles. The Bertz CT molecular complexity index is 3370. The molecule has 4 heteroatoms. The van der Waals surface area contributed by atoms with E-state index in [0.717, 1.165) is 55.8 Å². The summed E-state index contributed by atoms with van der Waals surface area (Å²) < 4.78 is 8.94. The number of rotatable bonds is 5. The van der Waals surface area contributed by atoms with Crippen LogP contribution in [0.5, 0.6) is 0 Å². The Morgan fingerprint density at radius 3 is 1.76 bits per heavy atom. The normalized spacial score (nSPS) is 14.4. The van der Waals surface area contributed by atoms with Crippen LogP contribution in [0, 0.1) is 0 Å². The molecule has 1 aliphatic heterocycles. The van der Waals surface area contributed by atoms with Crippen LogP contribution < -0.4 is 5.32 Å². The average molecular weight is 742 g/mol. The highest BCUT2D eigenvalue weighted by atomic mass is 16.3. The van der Waals surface area contributed by atoms with E-state index in [1.165, 1.54) is 54.5 Å². The van der Waals surface area contributed by atoms with Crippen LogP contribution in [0.15, 0.2) is 210 Å². The zero-order valence-corrected chi connectivity index (χ0v) is 31.4. The SMILES string of the molecule is C1=C(c2ccc(-n3c4ccc5ccccc5c4c4c5ccccc5ccc43)cc2)N=C(c2cccc3c2oc2ccccc23)NC1c1ccc(-c2ccccc2)cc1. The number of nitrogens with zero attached hydrogens (tertiary/aromatic N) is 2. The molecule has 0 radical (unpaired) electrons. The molecule has 0 spiro atoms. The smallest absolute Gasteiger partial charge is 0.146 e. The maximum Gasteiger partial charge on any atom is 0.146 e. The van der Waals surface area contributed by atoms with Crippen LogP contribution in [0.4, 0.5) is 0 Å². The molecule has 1 atom stereocenters. The zero-order valence-electron chi connectivity index (χ0n) is 31.4. The summed E-state index contributed by atoms with van der Waals surface area (Å²) >= 11 is 0. The molecule has 1 aliphatic rings. The van der Waals surface area contributed by atoms with Gasteiger partial charge in [-0.3, -0.25) is 0 Å². The Morgan fingerprint density at radius 2 is 1.05 bits per heavy atom. The summed E-state index contributed by atoms with van der Waals surface area (Å²) in [5, 5.41) is 13.5. The Morgan fingerprint density at radius 1 is 0.466 bits per heavy atom. The van der Waals surface area contributed by atoms with Gasteiger partial charge in [0.25, 0.3) is 0 Å². The molecule has 0 saturated heterocycles. The van der Waals surface area contributed by atoms with Gasteiger partial charge in [-0.05, 0) is 80.7 Å². The van der Waals surface area contributed by atoms with E-state index in [9.17, 15) is 0 Å². The lowest BCUT2D eigenvalue weighted by Gasteiger charge is -2.25. The number of furan rings is 1. The van der Waals surface area contributed by atoms with Gasteiger partial charge < -0.3 is 14.3 Å². The van der Waals surface area contributed by atoms with E-state index in [0.29, 0.717) is 0 Å². The highest BCUT2D eigenvalue weighted by molar-refractivity contribution is 6.28. The van der Waals surface area contributed by atoms with E-state index in [1.807, 2.05) is 12.1 Å². The summed E-state index contributed by atoms with van der Waals surface area (Å²) in [5.41, 5.74) is 11.6. The van der Waals surface area contributed by atoms with E-state index >= 15 is 0 Å². The molecule has 58 heavy (non-hydrogen) atoms. The van der Waals surface area contributed by atoms with Gasteiger partial charge in [-0.1, -0.05) is 158 Å². The van der Waals surface area contributed by atoms with Crippen molar-refractivity contribution in [3.63, 3.8) is 0 Å². The predicted octanol–water partition coefficient (Wildman–Crippen LogP) is 13.8. The topological polar surface area (TPSA) is 42.5 Å². The van der Waals surface area contributed by atoms with Crippen molar-refractivity contribution in [2.24, 2.45) is 4.99 Å². The number of hydrogen-bond donors (Lipinski definition) is 1. The molecule has 9 aromatic carbocycles. The molecule has 0 saturated carbocycles. The van der Waals surface area contributed by atoms with Crippen LogP contribution in [-0.4, -0.2) is 10.4 Å². The van der Waals surface area contributed by atoms with Gasteiger partial charge in [0.15, 0.2) is 0 Å². The third-order valence-corrected chi connectivity index (χ3v) is 11.9. The Kier molecular flexibility index (Phi) is 7.26. The number of benzene rings is 9. The number of nitrogens with one attached hydrogen (secondary N) is 1. The predicted molar refractivity (Wildman–Crippen MR) is 242 cm³/mol. The largest absolute Gasteiger partial charge is 0.455 e. The summed E-state index contributed by atoms with van der Waals surface area (Å²) in [6.45, 7) is 0. The summed E-state index contributed by atoms with van der Waals surface area (Å²) in [4.78, 5) is 5.34. The first-order valence-electron chi connectivity index (χ1n) is 19.8. The van der Waals surface area contributed by atoms with Crippen LogP contribution in [0.1, 0.15) is 22.7 Å². The average Bonchev–Trinajstić information content (AvgIpc) is 3.86. The van der Waals surface area contributed by atoms with E-state index in [-0.39, 0.29) is 6.04 Å². The molecule has 11 aromatic rings. The number of amidine groups is 1. The molecule has 0 amide bonds. The fraction of sp³-hybridized carbons (Fsp3) is 0.0185. The van der Waals surface area contributed by atoms with E-state index in [4.69, 9.17) is 9.41 Å². The lowest BCUT2D eigenvalue weighted by atomic mass is 9.97. The lowest BCUT2D eigenvalue weighted by Crippen LogP contribution is -2.31. The molecule has 4 nitrogen and oxygen atoms in total. The van der Waals surface area contributed by atoms with Crippen LogP contribution in [0.3, 0.4) is 0 Å². The fourth-order valence-corrected chi connectivity index (χ4v) is 9.07. The highest BCUT2D eigenvalue weighted by Crippen LogP contribution is 2.41. The van der Waals surface area contributed by atoms with Crippen LogP contribution in [-0.2, 0) is 0 Å². The van der Waals surface area contributed by atoms with Crippen LogP contribution >= 0.6 is 0 Å². The molecule has 0 bridgehead atoms. The minimum Gasteiger partial charge on any atom is -0.455 e. The zero-order chi connectivity index (χ0) is 38.2. The molecule has 1 N–H and O–H groups in total. The molecule has 1 unspecified atom stereocenters. The summed E-state index contributed by atoms with van der Waals surface area (Å²) in [5.74, 6) is 0.782. The molecular weight excluding hydrogens is 707 g/mol. The van der Waals surface area contributed by atoms with Gasteiger partial charge in [0, 0.05) is 32.8 Å². The quantitative estimate of drug-likeness (QED) is 0.191. The Balaban J connectivity index is 1.01. The van der Waals surface area contributed by atoms with Crippen molar-refractivity contribution in [1.82, 2.24) is 9.88 Å². The van der Waals surface area contributed by atoms with Crippen molar-refractivity contribution in [3.8, 4) is 16.8 Å². The van der Waals surface area contributed by atoms with Gasteiger partial charge in [0.05, 0.1) is 28.3 Å². The van der Waals surface area contributed by atoms with Crippen molar-refractivity contribution in [3.05, 3.63) is 217 Å². The Hall–Kier alpha value is -7.69. The van der Waals surface area contributed by atoms with Crippen molar-refractivity contribution in [2.75, 3.05) is 0 Å². The monoisotopic (exact) mass is 741 g/mol. The summed E-state index contributed by atoms with van der Waals surface area (Å²) in [6.07, 6.45) is 2.24. The van der Waals surface area contributed by atoms with Crippen LogP contribution in [0.25, 0.3) is 87.8 Å². The van der Waals surface area contributed by atoms with Gasteiger partial charge in [-0.15, -0.1) is 0 Å². The van der Waals surface area contributed by atoms with Crippen LogP contribution in [0.2, 0.25) is 0 Å². The summed E-state index contributed by atoms with van der Waals surface area (Å²) in [7, 11) is 0. The summed E-state index contributed by atoms with van der Waals surface area (Å²) in [6, 6.07) is 69.2. The number of fused-ring (bicyclic) bond motifs is 10. The Labute approximate surface area is 334 Å². The molecular formula is C54H35N3O. The van der Waals surface area contributed by atoms with Gasteiger partial charge in [-0.2, -0.15) is 0 Å².